The van der Waals surface area contributed by atoms with Crippen LogP contribution in [0.2, 0.25) is 0 Å². The minimum atomic E-state index is -0.733. The Kier molecular flexibility index (Phi) is 10.6. The molecule has 0 bridgehead atoms. The maximum Gasteiger partial charge on any atom is 0.335 e. The normalized spacial score (nSPS) is 16.0. The van der Waals surface area contributed by atoms with Crippen LogP contribution < -0.4 is 5.32 Å². The molecule has 0 saturated carbocycles. The van der Waals surface area contributed by atoms with Gasteiger partial charge in [0.15, 0.2) is 12.7 Å². The van der Waals surface area contributed by atoms with Crippen molar-refractivity contribution < 1.29 is 23.9 Å². The molecule has 0 aromatic carbocycles. The molecule has 0 aliphatic carbocycles. The number of ether oxygens (including phenoxy) is 2. The number of piperidine rings is 1. The smallest absolute Gasteiger partial charge is 0.335 e. The van der Waals surface area contributed by atoms with Gasteiger partial charge in [-0.25, -0.2) is 4.79 Å². The summed E-state index contributed by atoms with van der Waals surface area (Å²) in [6.45, 7) is 8.88. The SMILES string of the molecule is C=CCOC(C)C(=O)OCC(=O)N1CCC(C(=O)NCCCCC)CC1. The topological polar surface area (TPSA) is 84.9 Å². The second kappa shape index (κ2) is 12.5. The predicted molar refractivity (Wildman–Crippen MR) is 98.4 cm³/mol. The summed E-state index contributed by atoms with van der Waals surface area (Å²) in [4.78, 5) is 37.6. The van der Waals surface area contributed by atoms with Crippen molar-refractivity contribution in [1.82, 2.24) is 10.2 Å². The Hall–Kier alpha value is -1.89. The van der Waals surface area contributed by atoms with Crippen LogP contribution in [0.3, 0.4) is 0 Å². The molecule has 7 nitrogen and oxygen atoms in total. The van der Waals surface area contributed by atoms with Crippen LogP contribution >= 0.6 is 0 Å². The molecule has 7 heteroatoms. The zero-order chi connectivity index (χ0) is 19.4. The van der Waals surface area contributed by atoms with E-state index in [4.69, 9.17) is 9.47 Å². The van der Waals surface area contributed by atoms with E-state index in [-0.39, 0.29) is 30.9 Å². The summed E-state index contributed by atoms with van der Waals surface area (Å²) in [6, 6.07) is 0. The maximum atomic E-state index is 12.2. The Morgan fingerprint density at radius 1 is 1.27 bits per heavy atom. The summed E-state index contributed by atoms with van der Waals surface area (Å²) in [5.74, 6) is -0.777. The first-order valence-electron chi connectivity index (χ1n) is 9.44. The second-order valence-corrected chi connectivity index (χ2v) is 6.53. The van der Waals surface area contributed by atoms with Gasteiger partial charge in [0.2, 0.25) is 5.91 Å². The van der Waals surface area contributed by atoms with Gasteiger partial charge in [-0.15, -0.1) is 6.58 Å². The van der Waals surface area contributed by atoms with Gasteiger partial charge in [0.25, 0.3) is 5.91 Å². The number of carbonyl (C=O) groups is 3. The van der Waals surface area contributed by atoms with Gasteiger partial charge in [0.1, 0.15) is 0 Å². The van der Waals surface area contributed by atoms with Crippen LogP contribution in [0.15, 0.2) is 12.7 Å². The number of unbranched alkanes of at least 4 members (excludes halogenated alkanes) is 2. The number of rotatable bonds is 11. The third-order valence-corrected chi connectivity index (χ3v) is 4.43. The summed E-state index contributed by atoms with van der Waals surface area (Å²) >= 11 is 0. The minimum absolute atomic E-state index is 0.0458. The zero-order valence-electron chi connectivity index (χ0n) is 16.0. The number of esters is 1. The van der Waals surface area contributed by atoms with Gasteiger partial charge in [0.05, 0.1) is 6.61 Å². The quantitative estimate of drug-likeness (QED) is 0.341. The number of hydrogen-bond donors (Lipinski definition) is 1. The van der Waals surface area contributed by atoms with E-state index in [9.17, 15) is 14.4 Å². The Bertz CT molecular complexity index is 473. The molecule has 1 N–H and O–H groups in total. The van der Waals surface area contributed by atoms with Gasteiger partial charge in [-0.05, 0) is 26.2 Å². The molecule has 1 atom stereocenters. The molecule has 1 heterocycles. The lowest BCUT2D eigenvalue weighted by Gasteiger charge is -2.31. The van der Waals surface area contributed by atoms with Gasteiger partial charge in [-0.1, -0.05) is 25.8 Å². The number of amides is 2. The van der Waals surface area contributed by atoms with Crippen LogP contribution in [0.25, 0.3) is 0 Å². The van der Waals surface area contributed by atoms with Gasteiger partial charge in [-0.3, -0.25) is 9.59 Å². The second-order valence-electron chi connectivity index (χ2n) is 6.53. The van der Waals surface area contributed by atoms with Crippen LogP contribution in [0, 0.1) is 5.92 Å². The molecule has 0 aromatic rings. The zero-order valence-corrected chi connectivity index (χ0v) is 16.0. The standard InChI is InChI=1S/C19H32N2O5/c1-4-6-7-10-20-18(23)16-8-11-21(12-9-16)17(22)14-26-19(24)15(3)25-13-5-2/h5,15-16H,2,4,6-14H2,1,3H3,(H,20,23). The van der Waals surface area contributed by atoms with E-state index >= 15 is 0 Å². The number of nitrogens with one attached hydrogen (secondary N) is 1. The largest absolute Gasteiger partial charge is 0.454 e. The number of carbonyl (C=O) groups excluding carboxylic acids is 3. The summed E-state index contributed by atoms with van der Waals surface area (Å²) in [5.41, 5.74) is 0. The lowest BCUT2D eigenvalue weighted by molar-refractivity contribution is -0.161. The van der Waals surface area contributed by atoms with Crippen molar-refractivity contribution in [2.45, 2.75) is 52.1 Å². The minimum Gasteiger partial charge on any atom is -0.454 e. The molecule has 148 valence electrons. The Morgan fingerprint density at radius 2 is 1.96 bits per heavy atom. The molecule has 1 aliphatic rings. The third kappa shape index (κ3) is 7.99. The van der Waals surface area contributed by atoms with Crippen LogP contribution in [0.1, 0.15) is 46.0 Å². The fourth-order valence-electron chi connectivity index (χ4n) is 2.74. The molecule has 2 amide bonds. The highest BCUT2D eigenvalue weighted by Gasteiger charge is 2.27. The predicted octanol–water partition coefficient (Wildman–Crippen LogP) is 1.67. The van der Waals surface area contributed by atoms with E-state index in [2.05, 4.69) is 18.8 Å². The van der Waals surface area contributed by atoms with Crippen LogP contribution in [0.5, 0.6) is 0 Å². The Labute approximate surface area is 156 Å². The van der Waals surface area contributed by atoms with Gasteiger partial charge in [-0.2, -0.15) is 0 Å². The van der Waals surface area contributed by atoms with Crippen molar-refractivity contribution in [3.05, 3.63) is 12.7 Å². The Morgan fingerprint density at radius 3 is 2.58 bits per heavy atom. The number of likely N-dealkylation sites (tertiary alicyclic amines) is 1. The summed E-state index contributed by atoms with van der Waals surface area (Å²) in [5, 5.41) is 2.97. The number of nitrogens with zero attached hydrogens (tertiary/aromatic N) is 1. The fourth-order valence-corrected chi connectivity index (χ4v) is 2.74. The third-order valence-electron chi connectivity index (χ3n) is 4.43. The highest BCUT2D eigenvalue weighted by molar-refractivity contribution is 5.82. The first-order chi connectivity index (χ1) is 12.5. The molecule has 1 fully saturated rings. The molecule has 0 aromatic heterocycles. The Balaban J connectivity index is 2.25. The van der Waals surface area contributed by atoms with Crippen molar-refractivity contribution in [1.29, 1.82) is 0 Å². The van der Waals surface area contributed by atoms with E-state index in [0.717, 1.165) is 19.3 Å². The molecular weight excluding hydrogens is 336 g/mol. The van der Waals surface area contributed by atoms with Crippen molar-refractivity contribution >= 4 is 17.8 Å². The highest BCUT2D eigenvalue weighted by Crippen LogP contribution is 2.17. The van der Waals surface area contributed by atoms with Crippen molar-refractivity contribution in [3.8, 4) is 0 Å². The average Bonchev–Trinajstić information content (AvgIpc) is 2.67. The van der Waals surface area contributed by atoms with Gasteiger partial charge in [0, 0.05) is 25.6 Å². The van der Waals surface area contributed by atoms with E-state index < -0.39 is 12.1 Å². The monoisotopic (exact) mass is 368 g/mol. The molecule has 0 radical (unpaired) electrons. The maximum absolute atomic E-state index is 12.2. The first-order valence-corrected chi connectivity index (χ1v) is 9.44. The molecule has 1 rings (SSSR count). The molecule has 26 heavy (non-hydrogen) atoms. The lowest BCUT2D eigenvalue weighted by Crippen LogP contribution is -2.44. The van der Waals surface area contributed by atoms with E-state index in [1.165, 1.54) is 0 Å². The molecule has 1 aliphatic heterocycles. The van der Waals surface area contributed by atoms with Gasteiger partial charge >= 0.3 is 5.97 Å². The van der Waals surface area contributed by atoms with E-state index in [1.54, 1.807) is 17.9 Å². The molecule has 1 unspecified atom stereocenters. The van der Waals surface area contributed by atoms with Gasteiger partial charge < -0.3 is 19.7 Å². The van der Waals surface area contributed by atoms with Crippen molar-refractivity contribution in [3.63, 3.8) is 0 Å². The van der Waals surface area contributed by atoms with Crippen molar-refractivity contribution in [2.75, 3.05) is 32.8 Å². The van der Waals surface area contributed by atoms with Crippen LogP contribution in [0.4, 0.5) is 0 Å². The first kappa shape index (κ1) is 22.2. The van der Waals surface area contributed by atoms with Crippen LogP contribution in [-0.4, -0.2) is 61.6 Å². The summed E-state index contributed by atoms with van der Waals surface area (Å²) in [6.07, 6.45) is 5.32. The van der Waals surface area contributed by atoms with Crippen molar-refractivity contribution in [2.24, 2.45) is 5.92 Å². The summed E-state index contributed by atoms with van der Waals surface area (Å²) in [7, 11) is 0. The lowest BCUT2D eigenvalue weighted by atomic mass is 9.96. The molecule has 0 spiro atoms. The average molecular weight is 368 g/mol. The molecular formula is C19H32N2O5. The highest BCUT2D eigenvalue weighted by atomic mass is 16.6. The van der Waals surface area contributed by atoms with E-state index in [0.29, 0.717) is 32.5 Å². The van der Waals surface area contributed by atoms with E-state index in [1.807, 2.05) is 0 Å². The van der Waals surface area contributed by atoms with Crippen LogP contribution in [-0.2, 0) is 23.9 Å². The molecule has 1 saturated heterocycles. The summed E-state index contributed by atoms with van der Waals surface area (Å²) < 4.78 is 10.2. The number of hydrogen-bond acceptors (Lipinski definition) is 5. The fraction of sp³-hybridized carbons (Fsp3) is 0.737.